The molecule has 2 unspecified atom stereocenters. The SMILES string of the molecule is Cc1cc(C)cc(C2=NC(C(Cc3ccccc3)(Cc3ccccc3)OP(c3ccccc3)c3ccccc3)C(C)O2)c1. The summed E-state index contributed by atoms with van der Waals surface area (Å²) in [4.78, 5) is 5.41. The van der Waals surface area contributed by atoms with Gasteiger partial charge < -0.3 is 9.26 Å². The largest absolute Gasteiger partial charge is 0.472 e. The maximum Gasteiger partial charge on any atom is 0.216 e. The van der Waals surface area contributed by atoms with Gasteiger partial charge in [0, 0.05) is 29.0 Å². The maximum atomic E-state index is 7.68. The number of aliphatic imine (C=N–C) groups is 1. The van der Waals surface area contributed by atoms with Crippen LogP contribution in [0.4, 0.5) is 0 Å². The molecule has 5 aromatic rings. The second-order valence-corrected chi connectivity index (χ2v) is 13.3. The van der Waals surface area contributed by atoms with E-state index in [2.05, 4.69) is 160 Å². The highest BCUT2D eigenvalue weighted by molar-refractivity contribution is 7.68. The molecule has 1 aliphatic heterocycles. The predicted octanol–water partition coefficient (Wildman–Crippen LogP) is 8.13. The number of hydrogen-bond acceptors (Lipinski definition) is 3. The van der Waals surface area contributed by atoms with Gasteiger partial charge in [-0.05, 0) is 44.0 Å². The van der Waals surface area contributed by atoms with Crippen LogP contribution in [0, 0.1) is 13.8 Å². The molecule has 1 heterocycles. The third-order valence-corrected chi connectivity index (χ3v) is 10.0. The third kappa shape index (κ3) is 6.80. The smallest absolute Gasteiger partial charge is 0.216 e. The van der Waals surface area contributed by atoms with Crippen molar-refractivity contribution < 1.29 is 9.26 Å². The summed E-state index contributed by atoms with van der Waals surface area (Å²) in [5, 5.41) is 2.36. The molecule has 0 N–H and O–H groups in total. The van der Waals surface area contributed by atoms with Crippen molar-refractivity contribution >= 4 is 24.7 Å². The van der Waals surface area contributed by atoms with Gasteiger partial charge >= 0.3 is 0 Å². The van der Waals surface area contributed by atoms with E-state index in [1.165, 1.54) is 32.9 Å². The quantitative estimate of drug-likeness (QED) is 0.156. The molecule has 0 spiro atoms. The number of benzene rings is 5. The molecule has 0 amide bonds. The minimum atomic E-state index is -1.17. The lowest BCUT2D eigenvalue weighted by Gasteiger charge is -2.41. The Balaban J connectivity index is 1.53. The summed E-state index contributed by atoms with van der Waals surface area (Å²) in [5.74, 6) is 0.696. The van der Waals surface area contributed by atoms with Gasteiger partial charge in [-0.15, -0.1) is 0 Å². The minimum absolute atomic E-state index is 0.174. The molecular weight excluding hydrogens is 545 g/mol. The molecule has 1 aliphatic rings. The summed E-state index contributed by atoms with van der Waals surface area (Å²) >= 11 is 0. The highest BCUT2D eigenvalue weighted by Crippen LogP contribution is 2.46. The first-order valence-electron chi connectivity index (χ1n) is 15.0. The van der Waals surface area contributed by atoms with Crippen LogP contribution in [-0.4, -0.2) is 23.6 Å². The Labute approximate surface area is 257 Å². The lowest BCUT2D eigenvalue weighted by Crippen LogP contribution is -2.51. The molecular formula is C39H38NO2P. The molecule has 0 saturated carbocycles. The van der Waals surface area contributed by atoms with E-state index in [9.17, 15) is 0 Å². The van der Waals surface area contributed by atoms with Gasteiger partial charge in [-0.2, -0.15) is 0 Å². The Kier molecular flexibility index (Phi) is 8.84. The third-order valence-electron chi connectivity index (χ3n) is 7.95. The Morgan fingerprint density at radius 1 is 0.651 bits per heavy atom. The number of aryl methyl sites for hydroxylation is 2. The first-order valence-corrected chi connectivity index (χ1v) is 16.3. The zero-order valence-electron chi connectivity index (χ0n) is 25.1. The zero-order valence-corrected chi connectivity index (χ0v) is 26.0. The molecule has 2 atom stereocenters. The van der Waals surface area contributed by atoms with E-state index in [0.29, 0.717) is 18.7 Å². The second-order valence-electron chi connectivity index (χ2n) is 11.5. The van der Waals surface area contributed by atoms with Crippen LogP contribution in [0.2, 0.25) is 0 Å². The Morgan fingerprint density at radius 2 is 1.09 bits per heavy atom. The molecule has 4 heteroatoms. The monoisotopic (exact) mass is 583 g/mol. The van der Waals surface area contributed by atoms with Crippen molar-refractivity contribution in [3.8, 4) is 0 Å². The van der Waals surface area contributed by atoms with Gasteiger partial charge in [-0.3, -0.25) is 0 Å². The van der Waals surface area contributed by atoms with Gasteiger partial charge in [-0.1, -0.05) is 139 Å². The summed E-state index contributed by atoms with van der Waals surface area (Å²) in [5.41, 5.74) is 5.16. The second kappa shape index (κ2) is 13.1. The van der Waals surface area contributed by atoms with Crippen molar-refractivity contribution in [1.82, 2.24) is 0 Å². The molecule has 0 bridgehead atoms. The van der Waals surface area contributed by atoms with Crippen LogP contribution >= 0.6 is 8.15 Å². The highest BCUT2D eigenvalue weighted by atomic mass is 31.1. The van der Waals surface area contributed by atoms with E-state index < -0.39 is 13.7 Å². The van der Waals surface area contributed by atoms with Crippen molar-refractivity contribution in [2.24, 2.45) is 4.99 Å². The van der Waals surface area contributed by atoms with Crippen molar-refractivity contribution in [3.63, 3.8) is 0 Å². The molecule has 0 saturated heterocycles. The topological polar surface area (TPSA) is 30.8 Å². The van der Waals surface area contributed by atoms with Crippen LogP contribution in [0.15, 0.2) is 145 Å². The first-order chi connectivity index (χ1) is 21.0. The number of rotatable bonds is 10. The molecule has 3 nitrogen and oxygen atoms in total. The molecule has 0 fully saturated rings. The van der Waals surface area contributed by atoms with Crippen molar-refractivity contribution in [1.29, 1.82) is 0 Å². The fraction of sp³-hybridized carbons (Fsp3) is 0.205. The fourth-order valence-electron chi connectivity index (χ4n) is 6.12. The Morgan fingerprint density at radius 3 is 1.56 bits per heavy atom. The van der Waals surface area contributed by atoms with Gasteiger partial charge in [0.15, 0.2) is 0 Å². The van der Waals surface area contributed by atoms with Gasteiger partial charge in [-0.25, -0.2) is 4.99 Å². The van der Waals surface area contributed by atoms with Gasteiger partial charge in [0.25, 0.3) is 0 Å². The molecule has 0 aliphatic carbocycles. The van der Waals surface area contributed by atoms with E-state index in [0.717, 1.165) is 5.56 Å². The average Bonchev–Trinajstić information content (AvgIpc) is 3.43. The van der Waals surface area contributed by atoms with E-state index in [1.54, 1.807) is 0 Å². The summed E-state index contributed by atoms with van der Waals surface area (Å²) < 4.78 is 14.3. The van der Waals surface area contributed by atoms with Crippen molar-refractivity contribution in [2.45, 2.75) is 51.4 Å². The molecule has 216 valence electrons. The summed E-state index contributed by atoms with van der Waals surface area (Å²) in [6, 6.07) is 49.0. The predicted molar refractivity (Wildman–Crippen MR) is 180 cm³/mol. The fourth-order valence-corrected chi connectivity index (χ4v) is 8.12. The standard InChI is InChI=1S/C39H38NO2P/c1-29-24-30(2)26-34(25-29)38-40-37(31(3)41-38)39(27-32-16-8-4-9-17-32,28-33-18-10-5-11-19-33)42-43(35-20-12-6-13-21-35)36-22-14-7-15-23-36/h4-26,31,37H,27-28H2,1-3H3. The van der Waals surface area contributed by atoms with Crippen LogP contribution in [0.1, 0.15) is 34.7 Å². The van der Waals surface area contributed by atoms with Crippen LogP contribution in [0.3, 0.4) is 0 Å². The van der Waals surface area contributed by atoms with Gasteiger partial charge in [0.1, 0.15) is 17.7 Å². The van der Waals surface area contributed by atoms with Gasteiger partial charge in [0.05, 0.1) is 8.15 Å². The Bertz CT molecular complexity index is 1550. The number of ether oxygens (including phenoxy) is 1. The first kappa shape index (κ1) is 29.1. The minimum Gasteiger partial charge on any atom is -0.472 e. The van der Waals surface area contributed by atoms with Crippen LogP contribution in [0.5, 0.6) is 0 Å². The zero-order chi connectivity index (χ0) is 29.6. The highest BCUT2D eigenvalue weighted by Gasteiger charge is 2.49. The molecule has 43 heavy (non-hydrogen) atoms. The molecule has 0 aromatic heterocycles. The van der Waals surface area contributed by atoms with Crippen LogP contribution < -0.4 is 10.6 Å². The van der Waals surface area contributed by atoms with Gasteiger partial charge in [0.2, 0.25) is 5.90 Å². The number of nitrogens with zero attached hydrogens (tertiary/aromatic N) is 1. The van der Waals surface area contributed by atoms with E-state index in [1.807, 2.05) is 0 Å². The maximum absolute atomic E-state index is 7.68. The molecule has 6 rings (SSSR count). The van der Waals surface area contributed by atoms with E-state index in [4.69, 9.17) is 14.3 Å². The average molecular weight is 584 g/mol. The summed E-state index contributed by atoms with van der Waals surface area (Å²) in [6.45, 7) is 6.39. The van der Waals surface area contributed by atoms with Crippen molar-refractivity contribution in [3.05, 3.63) is 167 Å². The lowest BCUT2D eigenvalue weighted by atomic mass is 9.80. The summed E-state index contributed by atoms with van der Waals surface area (Å²) in [6.07, 6.45) is 1.22. The lowest BCUT2D eigenvalue weighted by molar-refractivity contribution is 0.0249. The van der Waals surface area contributed by atoms with Crippen molar-refractivity contribution in [2.75, 3.05) is 0 Å². The van der Waals surface area contributed by atoms with E-state index >= 15 is 0 Å². The molecule has 0 radical (unpaired) electrons. The van der Waals surface area contributed by atoms with Crippen LogP contribution in [0.25, 0.3) is 0 Å². The number of hydrogen-bond donors (Lipinski definition) is 0. The Hall–Kier alpha value is -4.04. The van der Waals surface area contributed by atoms with E-state index in [-0.39, 0.29) is 12.1 Å². The van der Waals surface area contributed by atoms with Crippen LogP contribution in [-0.2, 0) is 22.1 Å². The molecule has 5 aromatic carbocycles. The normalized spacial score (nSPS) is 16.6. The summed E-state index contributed by atoms with van der Waals surface area (Å²) in [7, 11) is -1.17.